The Morgan fingerprint density at radius 1 is 1.57 bits per heavy atom. The van der Waals surface area contributed by atoms with Crippen LogP contribution in [0, 0.1) is 0 Å². The summed E-state index contributed by atoms with van der Waals surface area (Å²) < 4.78 is 0. The first kappa shape index (κ1) is 9.18. The molecular weight excluding hydrogens is 176 g/mol. The maximum absolute atomic E-state index is 5.97. The summed E-state index contributed by atoms with van der Waals surface area (Å²) in [5.41, 5.74) is 9.10. The van der Waals surface area contributed by atoms with Crippen molar-refractivity contribution in [3.05, 3.63) is 30.1 Å². The fraction of sp³-hybridized carbons (Fsp3) is 0.300. The van der Waals surface area contributed by atoms with Gasteiger partial charge < -0.3 is 16.0 Å². The number of nitrogens with one attached hydrogen (secondary N) is 2. The number of H-pyrrole nitrogens is 1. The van der Waals surface area contributed by atoms with Crippen LogP contribution in [-0.2, 0) is 0 Å². The first-order valence-corrected chi connectivity index (χ1v) is 4.64. The molecule has 1 heterocycles. The summed E-state index contributed by atoms with van der Waals surface area (Å²) in [6, 6.07) is 6.08. The van der Waals surface area contributed by atoms with Crippen molar-refractivity contribution in [2.24, 2.45) is 5.73 Å². The Morgan fingerprint density at radius 2 is 2.43 bits per heavy atom. The van der Waals surface area contributed by atoms with Gasteiger partial charge in [0.25, 0.3) is 0 Å². The number of fused-ring (bicyclic) bond motifs is 1. The largest absolute Gasteiger partial charge is 0.345 e. The minimum Gasteiger partial charge on any atom is -0.345 e. The minimum atomic E-state index is 0.0349. The molecule has 0 aliphatic rings. The van der Waals surface area contributed by atoms with Gasteiger partial charge >= 0.3 is 0 Å². The molecule has 1 unspecified atom stereocenters. The van der Waals surface area contributed by atoms with Gasteiger partial charge in [-0.05, 0) is 24.7 Å². The van der Waals surface area contributed by atoms with E-state index in [1.807, 2.05) is 25.2 Å². The molecule has 1 aromatic heterocycles. The van der Waals surface area contributed by atoms with E-state index < -0.39 is 0 Å². The van der Waals surface area contributed by atoms with E-state index in [-0.39, 0.29) is 6.04 Å². The van der Waals surface area contributed by atoms with Gasteiger partial charge in [0.15, 0.2) is 0 Å². The van der Waals surface area contributed by atoms with E-state index in [9.17, 15) is 0 Å². The minimum absolute atomic E-state index is 0.0349. The Balaban J connectivity index is 2.33. The van der Waals surface area contributed by atoms with Crippen molar-refractivity contribution in [1.82, 2.24) is 15.3 Å². The topological polar surface area (TPSA) is 66.7 Å². The maximum atomic E-state index is 5.97. The normalized spacial score (nSPS) is 13.3. The van der Waals surface area contributed by atoms with Crippen LogP contribution < -0.4 is 11.1 Å². The molecular formula is C10H14N4. The Kier molecular flexibility index (Phi) is 2.47. The van der Waals surface area contributed by atoms with Crippen LogP contribution in [0.2, 0.25) is 0 Å². The zero-order chi connectivity index (χ0) is 9.97. The summed E-state index contributed by atoms with van der Waals surface area (Å²) in [5, 5.41) is 3.06. The standard InChI is InChI=1S/C10H14N4/c1-12-5-8(11)7-2-3-9-10(4-7)14-6-13-9/h2-4,6,8,12H,5,11H2,1H3,(H,13,14). The molecule has 1 aromatic carbocycles. The first-order valence-electron chi connectivity index (χ1n) is 4.64. The van der Waals surface area contributed by atoms with Crippen LogP contribution in [0.25, 0.3) is 11.0 Å². The van der Waals surface area contributed by atoms with Crippen LogP contribution in [0.3, 0.4) is 0 Å². The predicted molar refractivity (Wildman–Crippen MR) is 56.9 cm³/mol. The van der Waals surface area contributed by atoms with E-state index in [1.54, 1.807) is 6.33 Å². The number of hydrogen-bond acceptors (Lipinski definition) is 3. The van der Waals surface area contributed by atoms with Gasteiger partial charge in [0.2, 0.25) is 0 Å². The fourth-order valence-electron chi connectivity index (χ4n) is 1.52. The number of rotatable bonds is 3. The lowest BCUT2D eigenvalue weighted by molar-refractivity contribution is 0.654. The van der Waals surface area contributed by atoms with Gasteiger partial charge in [-0.15, -0.1) is 0 Å². The van der Waals surface area contributed by atoms with Crippen molar-refractivity contribution in [2.45, 2.75) is 6.04 Å². The summed E-state index contributed by atoms with van der Waals surface area (Å²) in [7, 11) is 1.90. The Hall–Kier alpha value is -1.39. The average molecular weight is 190 g/mol. The fourth-order valence-corrected chi connectivity index (χ4v) is 1.52. The van der Waals surface area contributed by atoms with Gasteiger partial charge in [-0.2, -0.15) is 0 Å². The molecule has 4 nitrogen and oxygen atoms in total. The van der Waals surface area contributed by atoms with Crippen molar-refractivity contribution < 1.29 is 0 Å². The summed E-state index contributed by atoms with van der Waals surface area (Å²) >= 11 is 0. The monoisotopic (exact) mass is 190 g/mol. The molecule has 0 aliphatic heterocycles. The van der Waals surface area contributed by atoms with Crippen LogP contribution in [-0.4, -0.2) is 23.6 Å². The summed E-state index contributed by atoms with van der Waals surface area (Å²) in [4.78, 5) is 7.22. The quantitative estimate of drug-likeness (QED) is 0.670. The highest BCUT2D eigenvalue weighted by atomic mass is 14.9. The van der Waals surface area contributed by atoms with E-state index in [0.29, 0.717) is 0 Å². The van der Waals surface area contributed by atoms with E-state index in [2.05, 4.69) is 15.3 Å². The number of imidazole rings is 1. The molecule has 4 heteroatoms. The highest BCUT2D eigenvalue weighted by Gasteiger charge is 2.05. The zero-order valence-corrected chi connectivity index (χ0v) is 8.12. The second-order valence-corrected chi connectivity index (χ2v) is 3.34. The number of aromatic amines is 1. The zero-order valence-electron chi connectivity index (χ0n) is 8.12. The molecule has 0 bridgehead atoms. The van der Waals surface area contributed by atoms with E-state index in [1.165, 1.54) is 0 Å². The van der Waals surface area contributed by atoms with Crippen LogP contribution >= 0.6 is 0 Å². The lowest BCUT2D eigenvalue weighted by atomic mass is 10.1. The Morgan fingerprint density at radius 3 is 3.21 bits per heavy atom. The number of nitrogens with two attached hydrogens (primary N) is 1. The van der Waals surface area contributed by atoms with E-state index >= 15 is 0 Å². The average Bonchev–Trinajstić information content (AvgIpc) is 2.64. The van der Waals surface area contributed by atoms with Crippen molar-refractivity contribution in [3.8, 4) is 0 Å². The number of hydrogen-bond donors (Lipinski definition) is 3. The number of likely N-dealkylation sites (N-methyl/N-ethyl adjacent to an activating group) is 1. The third-order valence-corrected chi connectivity index (χ3v) is 2.30. The number of nitrogens with zero attached hydrogens (tertiary/aromatic N) is 1. The molecule has 2 aromatic rings. The summed E-state index contributed by atoms with van der Waals surface area (Å²) in [5.74, 6) is 0. The molecule has 0 fully saturated rings. The number of benzene rings is 1. The lowest BCUT2D eigenvalue weighted by Gasteiger charge is -2.10. The summed E-state index contributed by atoms with van der Waals surface area (Å²) in [6.45, 7) is 0.777. The molecule has 4 N–H and O–H groups in total. The summed E-state index contributed by atoms with van der Waals surface area (Å²) in [6.07, 6.45) is 1.69. The second kappa shape index (κ2) is 3.77. The number of aromatic nitrogens is 2. The molecule has 0 saturated carbocycles. The molecule has 2 rings (SSSR count). The van der Waals surface area contributed by atoms with E-state index in [0.717, 1.165) is 23.1 Å². The van der Waals surface area contributed by atoms with Gasteiger partial charge in [-0.25, -0.2) is 4.98 Å². The van der Waals surface area contributed by atoms with Gasteiger partial charge in [0.05, 0.1) is 17.4 Å². The molecule has 14 heavy (non-hydrogen) atoms. The first-order chi connectivity index (χ1) is 6.81. The predicted octanol–water partition coefficient (Wildman–Crippen LogP) is 0.782. The SMILES string of the molecule is CNCC(N)c1ccc2nc[nH]c2c1. The smallest absolute Gasteiger partial charge is 0.0931 e. The van der Waals surface area contributed by atoms with Crippen LogP contribution in [0.15, 0.2) is 24.5 Å². The molecule has 0 saturated heterocycles. The Bertz CT molecular complexity index is 421. The Labute approximate surface area is 82.5 Å². The second-order valence-electron chi connectivity index (χ2n) is 3.34. The molecule has 0 spiro atoms. The lowest BCUT2D eigenvalue weighted by Crippen LogP contribution is -2.23. The molecule has 74 valence electrons. The highest BCUT2D eigenvalue weighted by Crippen LogP contribution is 2.15. The van der Waals surface area contributed by atoms with Gasteiger partial charge in [-0.3, -0.25) is 0 Å². The van der Waals surface area contributed by atoms with Crippen LogP contribution in [0.5, 0.6) is 0 Å². The van der Waals surface area contributed by atoms with Crippen LogP contribution in [0.4, 0.5) is 0 Å². The van der Waals surface area contributed by atoms with Crippen molar-refractivity contribution in [2.75, 3.05) is 13.6 Å². The third kappa shape index (κ3) is 1.62. The third-order valence-electron chi connectivity index (χ3n) is 2.30. The van der Waals surface area contributed by atoms with Gasteiger partial charge in [-0.1, -0.05) is 6.07 Å². The highest BCUT2D eigenvalue weighted by molar-refractivity contribution is 5.75. The molecule has 0 radical (unpaired) electrons. The van der Waals surface area contributed by atoms with Crippen molar-refractivity contribution in [1.29, 1.82) is 0 Å². The molecule has 0 aliphatic carbocycles. The molecule has 0 amide bonds. The van der Waals surface area contributed by atoms with Crippen molar-refractivity contribution in [3.63, 3.8) is 0 Å². The van der Waals surface area contributed by atoms with Crippen molar-refractivity contribution >= 4 is 11.0 Å². The van der Waals surface area contributed by atoms with Gasteiger partial charge in [0, 0.05) is 12.6 Å². The van der Waals surface area contributed by atoms with Gasteiger partial charge in [0.1, 0.15) is 0 Å². The van der Waals surface area contributed by atoms with E-state index in [4.69, 9.17) is 5.73 Å². The molecule has 1 atom stereocenters. The van der Waals surface area contributed by atoms with Crippen LogP contribution in [0.1, 0.15) is 11.6 Å². The maximum Gasteiger partial charge on any atom is 0.0931 e.